The van der Waals surface area contributed by atoms with Crippen molar-refractivity contribution in [1.82, 2.24) is 4.98 Å². The average molecular weight is 683 g/mol. The number of aromatic nitrogens is 1. The van der Waals surface area contributed by atoms with E-state index in [4.69, 9.17) is 2.74 Å². The Labute approximate surface area is 237 Å². The predicted molar refractivity (Wildman–Crippen MR) is 147 cm³/mol. The Morgan fingerprint density at radius 2 is 1.92 bits per heavy atom. The Morgan fingerprint density at radius 3 is 2.54 bits per heavy atom. The standard InChI is InChI=1S/C23H24N.C9H15FO2.Ir/c1-16-11-17(2)13-21(12-16)23-22-8-7-19(14-18-5-3-4-6-18)15-20(22)9-10-24-23;1-3-7(4-2)9(12)5-8(11)6-10;/h7-12,15,18H,3-6,14H2,1-2H3;5,7,12H,3-4,6H2,1-2H3;/q-1;;/b;9-5-;/i9D,10D;;. The van der Waals surface area contributed by atoms with Gasteiger partial charge in [0.1, 0.15) is 0 Å². The van der Waals surface area contributed by atoms with Crippen LogP contribution >= 0.6 is 0 Å². The van der Waals surface area contributed by atoms with Crippen molar-refractivity contribution in [2.45, 2.75) is 72.6 Å². The van der Waals surface area contributed by atoms with Crippen molar-refractivity contribution in [2.75, 3.05) is 6.67 Å². The maximum Gasteiger partial charge on any atom is 0.189 e. The van der Waals surface area contributed by atoms with E-state index < -0.39 is 12.5 Å². The number of allylic oxidation sites excluding steroid dienone is 2. The number of alkyl halides is 1. The Bertz CT molecular complexity index is 1280. The van der Waals surface area contributed by atoms with Gasteiger partial charge in [-0.1, -0.05) is 71.6 Å². The van der Waals surface area contributed by atoms with E-state index in [1.807, 2.05) is 20.8 Å². The van der Waals surface area contributed by atoms with Gasteiger partial charge in [-0.3, -0.25) is 4.79 Å². The van der Waals surface area contributed by atoms with Crippen molar-refractivity contribution in [2.24, 2.45) is 11.8 Å². The van der Waals surface area contributed by atoms with Gasteiger partial charge in [0.2, 0.25) is 0 Å². The molecule has 1 N–H and O–H groups in total. The number of pyridine rings is 1. The average Bonchev–Trinajstić information content (AvgIpc) is 3.40. The Kier molecular flexibility index (Phi) is 11.3. The molecule has 0 saturated heterocycles. The summed E-state index contributed by atoms with van der Waals surface area (Å²) < 4.78 is 28.2. The molecule has 201 valence electrons. The molecule has 0 spiro atoms. The van der Waals surface area contributed by atoms with Crippen LogP contribution in [-0.2, 0) is 31.3 Å². The van der Waals surface area contributed by atoms with Crippen molar-refractivity contribution in [3.63, 3.8) is 0 Å². The Balaban J connectivity index is 0.000000352. The minimum atomic E-state index is -1.04. The minimum Gasteiger partial charge on any atom is -0.512 e. The van der Waals surface area contributed by atoms with Crippen LogP contribution in [0.4, 0.5) is 4.39 Å². The molecular weight excluding hydrogens is 642 g/mol. The Morgan fingerprint density at radius 1 is 1.22 bits per heavy atom. The molecular formula is C32H39FIrNO2-. The molecule has 3 nitrogen and oxygen atoms in total. The molecule has 1 heterocycles. The molecule has 1 radical (unpaired) electrons. The molecule has 1 saturated carbocycles. The van der Waals surface area contributed by atoms with Gasteiger partial charge in [0.25, 0.3) is 0 Å². The van der Waals surface area contributed by atoms with Gasteiger partial charge in [0.05, 0.1) is 8.50 Å². The third-order valence-corrected chi connectivity index (χ3v) is 6.94. The second kappa shape index (κ2) is 15.1. The van der Waals surface area contributed by atoms with Gasteiger partial charge in [-0.05, 0) is 53.3 Å². The van der Waals surface area contributed by atoms with Crippen LogP contribution in [0.3, 0.4) is 0 Å². The summed E-state index contributed by atoms with van der Waals surface area (Å²) in [7, 11) is 0. The van der Waals surface area contributed by atoms with Crippen LogP contribution in [0.5, 0.6) is 0 Å². The monoisotopic (exact) mass is 683 g/mol. The zero-order chi connectivity index (χ0) is 27.8. The number of carbonyl (C=O) groups excluding carboxylic acids is 1. The first-order chi connectivity index (χ1) is 18.2. The van der Waals surface area contributed by atoms with Gasteiger partial charge >= 0.3 is 0 Å². The summed E-state index contributed by atoms with van der Waals surface area (Å²) in [4.78, 5) is 15.0. The van der Waals surface area contributed by atoms with Crippen LogP contribution in [0.25, 0.3) is 22.0 Å². The molecule has 1 aliphatic rings. The van der Waals surface area contributed by atoms with Crippen molar-refractivity contribution in [1.29, 1.82) is 0 Å². The number of aliphatic hydroxyl groups excluding tert-OH is 1. The van der Waals surface area contributed by atoms with E-state index in [0.717, 1.165) is 64.4 Å². The fourth-order valence-corrected chi connectivity index (χ4v) is 5.04. The van der Waals surface area contributed by atoms with Crippen LogP contribution in [-0.4, -0.2) is 22.5 Å². The van der Waals surface area contributed by atoms with Crippen LogP contribution in [0.2, 0.25) is 0 Å². The molecule has 3 aromatic rings. The topological polar surface area (TPSA) is 50.2 Å². The zero-order valence-electron chi connectivity index (χ0n) is 24.3. The number of aliphatic hydroxyl groups is 1. The first-order valence-electron chi connectivity index (χ1n) is 14.1. The van der Waals surface area contributed by atoms with Gasteiger partial charge < -0.3 is 10.1 Å². The number of nitrogens with zero attached hydrogens (tertiary/aromatic N) is 1. The molecule has 1 aliphatic carbocycles. The first-order valence-corrected chi connectivity index (χ1v) is 13.1. The summed E-state index contributed by atoms with van der Waals surface area (Å²) in [5.74, 6) is 0.0914. The summed E-state index contributed by atoms with van der Waals surface area (Å²) >= 11 is 0. The quantitative estimate of drug-likeness (QED) is 0.147. The van der Waals surface area contributed by atoms with Crippen molar-refractivity contribution >= 4 is 16.6 Å². The van der Waals surface area contributed by atoms with Crippen molar-refractivity contribution in [3.05, 3.63) is 77.1 Å². The summed E-state index contributed by atoms with van der Waals surface area (Å²) in [5.41, 5.74) is 5.17. The maximum atomic E-state index is 11.7. The number of carbonyl (C=O) groups is 1. The number of benzene rings is 2. The second-order valence-electron chi connectivity index (χ2n) is 9.87. The molecule has 0 atom stereocenters. The number of halogens is 1. The number of fused-ring (bicyclic) bond motifs is 1. The normalized spacial score (nSPS) is 14.6. The summed E-state index contributed by atoms with van der Waals surface area (Å²) in [6.45, 7) is 6.88. The summed E-state index contributed by atoms with van der Waals surface area (Å²) in [6.07, 6.45) is 8.94. The molecule has 1 fully saturated rings. The van der Waals surface area contributed by atoms with E-state index >= 15 is 0 Å². The minimum absolute atomic E-state index is 0. The van der Waals surface area contributed by atoms with E-state index in [1.54, 1.807) is 0 Å². The van der Waals surface area contributed by atoms with Crippen molar-refractivity contribution in [3.8, 4) is 11.3 Å². The predicted octanol–water partition coefficient (Wildman–Crippen LogP) is 8.45. The van der Waals surface area contributed by atoms with E-state index in [0.29, 0.717) is 0 Å². The van der Waals surface area contributed by atoms with Gasteiger partial charge in [-0.15, -0.1) is 34.9 Å². The van der Waals surface area contributed by atoms with Gasteiger partial charge in [-0.2, -0.15) is 0 Å². The van der Waals surface area contributed by atoms with Crippen LogP contribution in [0.15, 0.2) is 54.4 Å². The molecule has 5 heteroatoms. The molecule has 0 amide bonds. The molecule has 1 aromatic heterocycles. The molecule has 0 aliphatic heterocycles. The van der Waals surface area contributed by atoms with E-state index in [2.05, 4.69) is 48.3 Å². The fraction of sp³-hybridized carbons (Fsp3) is 0.438. The molecule has 37 heavy (non-hydrogen) atoms. The van der Waals surface area contributed by atoms with Gasteiger partial charge in [-0.25, -0.2) is 4.39 Å². The van der Waals surface area contributed by atoms with Crippen LogP contribution < -0.4 is 0 Å². The molecule has 0 unspecified atom stereocenters. The molecule has 2 aromatic carbocycles. The van der Waals surface area contributed by atoms with E-state index in [9.17, 15) is 14.3 Å². The number of hydrogen-bond acceptors (Lipinski definition) is 3. The van der Waals surface area contributed by atoms with Crippen LogP contribution in [0, 0.1) is 31.7 Å². The zero-order valence-corrected chi connectivity index (χ0v) is 24.7. The number of hydrogen-bond donors (Lipinski definition) is 1. The van der Waals surface area contributed by atoms with Gasteiger partial charge in [0, 0.05) is 38.3 Å². The number of aryl methyl sites for hydroxylation is 2. The largest absolute Gasteiger partial charge is 0.512 e. The van der Waals surface area contributed by atoms with Crippen molar-refractivity contribution < 1.29 is 37.1 Å². The summed E-state index contributed by atoms with van der Waals surface area (Å²) in [6, 6.07) is 14.1. The molecule has 4 rings (SSSR count). The maximum absolute atomic E-state index is 11.7. The first kappa shape index (κ1) is 27.7. The van der Waals surface area contributed by atoms with E-state index in [-0.39, 0.29) is 44.0 Å². The third kappa shape index (κ3) is 8.86. The summed E-state index contributed by atoms with van der Waals surface area (Å²) in [5, 5.41) is 11.1. The SMILES string of the molecule is CCC(CC)/C(O)=C/C(=O)CF.[2H]c1nc(-c2[c-]c(C)cc(C)c2)c2ccc(CC3CCCC3)cc2c1[2H].[Ir]. The third-order valence-electron chi connectivity index (χ3n) is 6.94. The Hall–Kier alpha value is -2.36. The fourth-order valence-electron chi connectivity index (χ4n) is 5.04. The van der Waals surface area contributed by atoms with Crippen LogP contribution in [0.1, 0.15) is 71.8 Å². The number of rotatable bonds is 8. The molecule has 0 bridgehead atoms. The number of ketones is 1. The van der Waals surface area contributed by atoms with Gasteiger partial charge in [0.15, 0.2) is 12.5 Å². The second-order valence-corrected chi connectivity index (χ2v) is 9.87. The van der Waals surface area contributed by atoms with E-state index in [1.165, 1.54) is 31.2 Å². The smallest absolute Gasteiger partial charge is 0.189 e.